The van der Waals surface area contributed by atoms with Crippen LogP contribution < -0.4 is 0 Å². The van der Waals surface area contributed by atoms with Crippen LogP contribution in [0.2, 0.25) is 5.02 Å². The zero-order chi connectivity index (χ0) is 15.4. The van der Waals surface area contributed by atoms with Crippen LogP contribution in [0.1, 0.15) is 11.1 Å². The third kappa shape index (κ3) is 3.86. The number of rotatable bonds is 4. The molecule has 4 heteroatoms. The number of hydrogen-bond donors (Lipinski definition) is 0. The molecular formula is C18H20ClFN2. The average Bonchev–Trinajstić information content (AvgIpc) is 2.54. The first-order chi connectivity index (χ1) is 10.7. The van der Waals surface area contributed by atoms with Crippen molar-refractivity contribution in [2.75, 3.05) is 26.2 Å². The van der Waals surface area contributed by atoms with Crippen LogP contribution in [0.5, 0.6) is 0 Å². The van der Waals surface area contributed by atoms with Crippen LogP contribution in [-0.2, 0) is 13.1 Å². The molecule has 116 valence electrons. The predicted molar refractivity (Wildman–Crippen MR) is 88.4 cm³/mol. The number of benzene rings is 2. The summed E-state index contributed by atoms with van der Waals surface area (Å²) in [6.07, 6.45) is 0. The van der Waals surface area contributed by atoms with E-state index in [1.807, 2.05) is 30.3 Å². The molecular weight excluding hydrogens is 299 g/mol. The minimum absolute atomic E-state index is 0.110. The molecule has 1 saturated heterocycles. The highest BCUT2D eigenvalue weighted by Gasteiger charge is 2.18. The zero-order valence-electron chi connectivity index (χ0n) is 12.5. The Morgan fingerprint density at radius 3 is 1.86 bits per heavy atom. The Labute approximate surface area is 136 Å². The van der Waals surface area contributed by atoms with Gasteiger partial charge in [0.15, 0.2) is 0 Å². The van der Waals surface area contributed by atoms with Crippen LogP contribution in [0, 0.1) is 5.82 Å². The zero-order valence-corrected chi connectivity index (χ0v) is 13.3. The van der Waals surface area contributed by atoms with Gasteiger partial charge in [0.1, 0.15) is 5.82 Å². The van der Waals surface area contributed by atoms with Gasteiger partial charge in [0.05, 0.1) is 0 Å². The van der Waals surface area contributed by atoms with E-state index in [2.05, 4.69) is 15.9 Å². The molecule has 3 rings (SSSR count). The van der Waals surface area contributed by atoms with Gasteiger partial charge >= 0.3 is 0 Å². The molecule has 0 bridgehead atoms. The SMILES string of the molecule is Fc1ccccc1CN1CCN(Cc2ccccc2Cl)CC1. The Hall–Kier alpha value is -1.42. The van der Waals surface area contributed by atoms with Gasteiger partial charge in [0.25, 0.3) is 0 Å². The van der Waals surface area contributed by atoms with E-state index < -0.39 is 0 Å². The third-order valence-electron chi connectivity index (χ3n) is 4.17. The van der Waals surface area contributed by atoms with Crippen molar-refractivity contribution in [2.24, 2.45) is 0 Å². The summed E-state index contributed by atoms with van der Waals surface area (Å²) >= 11 is 6.22. The van der Waals surface area contributed by atoms with Crippen LogP contribution in [0.25, 0.3) is 0 Å². The topological polar surface area (TPSA) is 6.48 Å². The summed E-state index contributed by atoms with van der Waals surface area (Å²) in [4.78, 5) is 4.71. The second-order valence-electron chi connectivity index (χ2n) is 5.74. The first-order valence-corrected chi connectivity index (χ1v) is 8.02. The summed E-state index contributed by atoms with van der Waals surface area (Å²) < 4.78 is 13.7. The Kier molecular flexibility index (Phi) is 5.08. The minimum Gasteiger partial charge on any atom is -0.296 e. The average molecular weight is 319 g/mol. The molecule has 1 fully saturated rings. The van der Waals surface area contributed by atoms with Gasteiger partial charge in [0.2, 0.25) is 0 Å². The summed E-state index contributed by atoms with van der Waals surface area (Å²) in [5.74, 6) is -0.110. The fourth-order valence-corrected chi connectivity index (χ4v) is 3.04. The Morgan fingerprint density at radius 2 is 1.27 bits per heavy atom. The molecule has 22 heavy (non-hydrogen) atoms. The maximum atomic E-state index is 13.7. The van der Waals surface area contributed by atoms with Gasteiger partial charge in [-0.1, -0.05) is 48.0 Å². The third-order valence-corrected chi connectivity index (χ3v) is 4.54. The molecule has 2 aromatic rings. The van der Waals surface area contributed by atoms with Crippen molar-refractivity contribution in [3.63, 3.8) is 0 Å². The van der Waals surface area contributed by atoms with Crippen LogP contribution in [0.15, 0.2) is 48.5 Å². The fourth-order valence-electron chi connectivity index (χ4n) is 2.84. The van der Waals surface area contributed by atoms with Crippen molar-refractivity contribution in [3.8, 4) is 0 Å². The molecule has 0 radical (unpaired) electrons. The summed E-state index contributed by atoms with van der Waals surface area (Å²) in [5, 5.41) is 0.830. The minimum atomic E-state index is -0.110. The van der Waals surface area contributed by atoms with Crippen LogP contribution in [0.3, 0.4) is 0 Å². The molecule has 0 N–H and O–H groups in total. The molecule has 0 aromatic heterocycles. The van der Waals surface area contributed by atoms with Crippen molar-refractivity contribution in [2.45, 2.75) is 13.1 Å². The first kappa shape index (κ1) is 15.5. The first-order valence-electron chi connectivity index (χ1n) is 7.64. The van der Waals surface area contributed by atoms with E-state index in [0.717, 1.165) is 43.3 Å². The molecule has 0 amide bonds. The van der Waals surface area contributed by atoms with Gasteiger partial charge in [-0.2, -0.15) is 0 Å². The standard InChI is InChI=1S/C18H20ClFN2/c19-17-7-3-1-5-15(17)13-21-9-11-22(12-10-21)14-16-6-2-4-8-18(16)20/h1-8H,9-14H2. The van der Waals surface area contributed by atoms with Gasteiger partial charge in [-0.05, 0) is 17.7 Å². The summed E-state index contributed by atoms with van der Waals surface area (Å²) in [6.45, 7) is 5.46. The van der Waals surface area contributed by atoms with Gasteiger partial charge < -0.3 is 0 Å². The summed E-state index contributed by atoms with van der Waals surface area (Å²) in [7, 11) is 0. The van der Waals surface area contributed by atoms with E-state index in [0.29, 0.717) is 6.54 Å². The van der Waals surface area contributed by atoms with Crippen molar-refractivity contribution >= 4 is 11.6 Å². The lowest BCUT2D eigenvalue weighted by molar-refractivity contribution is 0.121. The van der Waals surface area contributed by atoms with Gasteiger partial charge in [-0.3, -0.25) is 9.80 Å². The Morgan fingerprint density at radius 1 is 0.773 bits per heavy atom. The van der Waals surface area contributed by atoms with Crippen molar-refractivity contribution < 1.29 is 4.39 Å². The molecule has 2 aromatic carbocycles. The highest BCUT2D eigenvalue weighted by molar-refractivity contribution is 6.31. The second kappa shape index (κ2) is 7.23. The van der Waals surface area contributed by atoms with Crippen LogP contribution in [-0.4, -0.2) is 36.0 Å². The lowest BCUT2D eigenvalue weighted by atomic mass is 10.1. The quantitative estimate of drug-likeness (QED) is 0.846. The maximum absolute atomic E-state index is 13.7. The molecule has 1 heterocycles. The lowest BCUT2D eigenvalue weighted by Crippen LogP contribution is -2.45. The smallest absolute Gasteiger partial charge is 0.127 e. The molecule has 1 aliphatic heterocycles. The summed E-state index contributed by atoms with van der Waals surface area (Å²) in [5.41, 5.74) is 1.95. The number of nitrogens with zero attached hydrogens (tertiary/aromatic N) is 2. The maximum Gasteiger partial charge on any atom is 0.127 e. The van der Waals surface area contributed by atoms with Gasteiger partial charge in [-0.25, -0.2) is 4.39 Å². The molecule has 2 nitrogen and oxygen atoms in total. The molecule has 0 unspecified atom stereocenters. The fraction of sp³-hybridized carbons (Fsp3) is 0.333. The lowest BCUT2D eigenvalue weighted by Gasteiger charge is -2.34. The van der Waals surface area contributed by atoms with E-state index in [4.69, 9.17) is 11.6 Å². The number of piperazine rings is 1. The van der Waals surface area contributed by atoms with E-state index >= 15 is 0 Å². The summed E-state index contributed by atoms with van der Waals surface area (Å²) in [6, 6.07) is 15.0. The molecule has 0 aliphatic carbocycles. The van der Waals surface area contributed by atoms with E-state index in [1.165, 1.54) is 11.6 Å². The van der Waals surface area contributed by atoms with Gasteiger partial charge in [-0.15, -0.1) is 0 Å². The normalized spacial score (nSPS) is 16.8. The van der Waals surface area contributed by atoms with E-state index in [-0.39, 0.29) is 5.82 Å². The number of hydrogen-bond acceptors (Lipinski definition) is 2. The Bertz CT molecular complexity index is 568. The van der Waals surface area contributed by atoms with Crippen molar-refractivity contribution in [1.82, 2.24) is 9.80 Å². The van der Waals surface area contributed by atoms with Gasteiger partial charge in [0, 0.05) is 49.9 Å². The monoisotopic (exact) mass is 318 g/mol. The van der Waals surface area contributed by atoms with E-state index in [9.17, 15) is 4.39 Å². The second-order valence-corrected chi connectivity index (χ2v) is 6.14. The van der Waals surface area contributed by atoms with Crippen LogP contribution in [0.4, 0.5) is 4.39 Å². The van der Waals surface area contributed by atoms with E-state index in [1.54, 1.807) is 6.07 Å². The molecule has 0 saturated carbocycles. The largest absolute Gasteiger partial charge is 0.296 e. The number of halogens is 2. The van der Waals surface area contributed by atoms with Crippen LogP contribution >= 0.6 is 11.6 Å². The highest BCUT2D eigenvalue weighted by Crippen LogP contribution is 2.18. The molecule has 0 atom stereocenters. The van der Waals surface area contributed by atoms with Crippen molar-refractivity contribution in [3.05, 3.63) is 70.5 Å². The van der Waals surface area contributed by atoms with Crippen molar-refractivity contribution in [1.29, 1.82) is 0 Å². The highest BCUT2D eigenvalue weighted by atomic mass is 35.5. The predicted octanol–water partition coefficient (Wildman–Crippen LogP) is 3.80. The molecule has 1 aliphatic rings. The Balaban J connectivity index is 1.52. The molecule has 0 spiro atoms.